The van der Waals surface area contributed by atoms with Gasteiger partial charge in [0.25, 0.3) is 11.5 Å². The van der Waals surface area contributed by atoms with Crippen molar-refractivity contribution >= 4 is 11.6 Å². The largest absolute Gasteiger partial charge is 0.484 e. The Kier molecular flexibility index (Phi) is 6.02. The van der Waals surface area contributed by atoms with Crippen molar-refractivity contribution in [2.45, 2.75) is 46.1 Å². The van der Waals surface area contributed by atoms with Gasteiger partial charge in [-0.1, -0.05) is 39.8 Å². The highest BCUT2D eigenvalue weighted by Gasteiger charge is 2.13. The molecule has 0 fully saturated rings. The maximum absolute atomic E-state index is 12.0. The Balaban J connectivity index is 1.92. The third-order valence-electron chi connectivity index (χ3n) is 3.82. The molecule has 1 aromatic carbocycles. The Morgan fingerprint density at radius 1 is 1.12 bits per heavy atom. The Hall–Kier alpha value is -2.56. The number of hydrogen-bond acceptors (Lipinski definition) is 3. The second kappa shape index (κ2) is 8.01. The van der Waals surface area contributed by atoms with E-state index in [9.17, 15) is 9.59 Å². The predicted molar refractivity (Wildman–Crippen MR) is 100 cm³/mol. The lowest BCUT2D eigenvalue weighted by Crippen LogP contribution is -2.23. The standard InChI is InChI=1S/C20H26N2O3/c1-5-12-22-13-16(8-11-19(22)24)21-18(23)14-25-17-9-6-15(7-10-17)20(2,3)4/h6-11,13H,5,12,14H2,1-4H3,(H,21,23). The molecular formula is C20H26N2O3. The van der Waals surface area contributed by atoms with Crippen LogP contribution in [0.25, 0.3) is 0 Å². The van der Waals surface area contributed by atoms with E-state index in [-0.39, 0.29) is 23.5 Å². The first-order valence-electron chi connectivity index (χ1n) is 8.53. The lowest BCUT2D eigenvalue weighted by atomic mass is 9.87. The number of pyridine rings is 1. The molecule has 0 radical (unpaired) electrons. The highest BCUT2D eigenvalue weighted by atomic mass is 16.5. The first-order chi connectivity index (χ1) is 11.8. The second-order valence-electron chi connectivity index (χ2n) is 7.06. The second-order valence-corrected chi connectivity index (χ2v) is 7.06. The molecule has 0 bridgehead atoms. The van der Waals surface area contributed by atoms with Gasteiger partial charge in [0.15, 0.2) is 6.61 Å². The summed E-state index contributed by atoms with van der Waals surface area (Å²) in [5.41, 5.74) is 1.81. The average molecular weight is 342 g/mol. The molecule has 0 aliphatic carbocycles. The van der Waals surface area contributed by atoms with Crippen LogP contribution in [0.1, 0.15) is 39.7 Å². The SMILES string of the molecule is CCCn1cc(NC(=O)COc2ccc(C(C)(C)C)cc2)ccc1=O. The molecule has 0 spiro atoms. The van der Waals surface area contributed by atoms with Crippen molar-refractivity contribution in [2.24, 2.45) is 0 Å². The van der Waals surface area contributed by atoms with E-state index < -0.39 is 0 Å². The first kappa shape index (κ1) is 18.8. The summed E-state index contributed by atoms with van der Waals surface area (Å²) in [6.45, 7) is 8.98. The highest BCUT2D eigenvalue weighted by Crippen LogP contribution is 2.24. The maximum atomic E-state index is 12.0. The summed E-state index contributed by atoms with van der Waals surface area (Å²) in [4.78, 5) is 23.7. The van der Waals surface area contributed by atoms with Gasteiger partial charge in [0.2, 0.25) is 0 Å². The fourth-order valence-corrected chi connectivity index (χ4v) is 2.42. The topological polar surface area (TPSA) is 60.3 Å². The molecule has 25 heavy (non-hydrogen) atoms. The highest BCUT2D eigenvalue weighted by molar-refractivity contribution is 5.91. The number of hydrogen-bond donors (Lipinski definition) is 1. The zero-order chi connectivity index (χ0) is 18.4. The van der Waals surface area contributed by atoms with Crippen molar-refractivity contribution in [2.75, 3.05) is 11.9 Å². The van der Waals surface area contributed by atoms with Crippen LogP contribution in [0.4, 0.5) is 5.69 Å². The number of benzene rings is 1. The third-order valence-corrected chi connectivity index (χ3v) is 3.82. The summed E-state index contributed by atoms with van der Waals surface area (Å²) in [7, 11) is 0. The molecule has 134 valence electrons. The van der Waals surface area contributed by atoms with Gasteiger partial charge in [-0.15, -0.1) is 0 Å². The van der Waals surface area contributed by atoms with Gasteiger partial charge in [0.05, 0.1) is 5.69 Å². The number of rotatable bonds is 6. The predicted octanol–water partition coefficient (Wildman–Crippen LogP) is 3.57. The number of anilines is 1. The van der Waals surface area contributed by atoms with Crippen LogP contribution in [0.2, 0.25) is 0 Å². The van der Waals surface area contributed by atoms with Gasteiger partial charge in [-0.25, -0.2) is 0 Å². The molecule has 5 heteroatoms. The number of carbonyl (C=O) groups is 1. The van der Waals surface area contributed by atoms with Gasteiger partial charge in [0.1, 0.15) is 5.75 Å². The minimum Gasteiger partial charge on any atom is -0.484 e. The number of nitrogens with one attached hydrogen (secondary N) is 1. The number of nitrogens with zero attached hydrogens (tertiary/aromatic N) is 1. The van der Waals surface area contributed by atoms with Gasteiger partial charge in [0, 0.05) is 18.8 Å². The van der Waals surface area contributed by atoms with E-state index >= 15 is 0 Å². The normalized spacial score (nSPS) is 11.2. The number of amides is 1. The average Bonchev–Trinajstić information content (AvgIpc) is 2.56. The molecule has 0 saturated carbocycles. The molecule has 0 unspecified atom stereocenters. The zero-order valence-electron chi connectivity index (χ0n) is 15.3. The molecule has 1 aromatic heterocycles. The molecular weight excluding hydrogens is 316 g/mol. The van der Waals surface area contributed by atoms with Crippen LogP contribution in [0, 0.1) is 0 Å². The van der Waals surface area contributed by atoms with Crippen molar-refractivity contribution < 1.29 is 9.53 Å². The smallest absolute Gasteiger partial charge is 0.262 e. The molecule has 1 heterocycles. The van der Waals surface area contributed by atoms with Crippen molar-refractivity contribution in [3.8, 4) is 5.75 Å². The molecule has 5 nitrogen and oxygen atoms in total. The first-order valence-corrected chi connectivity index (χ1v) is 8.53. The van der Waals surface area contributed by atoms with Crippen molar-refractivity contribution in [1.29, 1.82) is 0 Å². The Morgan fingerprint density at radius 2 is 1.80 bits per heavy atom. The zero-order valence-corrected chi connectivity index (χ0v) is 15.3. The quantitative estimate of drug-likeness (QED) is 0.873. The van der Waals surface area contributed by atoms with Crippen molar-refractivity contribution in [1.82, 2.24) is 4.57 Å². The van der Waals surface area contributed by atoms with Crippen LogP contribution in [-0.2, 0) is 16.8 Å². The summed E-state index contributed by atoms with van der Waals surface area (Å²) in [5, 5.41) is 2.75. The minimum absolute atomic E-state index is 0.0740. The fraction of sp³-hybridized carbons (Fsp3) is 0.400. The molecule has 0 aliphatic rings. The van der Waals surface area contributed by atoms with E-state index in [0.717, 1.165) is 6.42 Å². The van der Waals surface area contributed by atoms with Crippen LogP contribution in [0.3, 0.4) is 0 Å². The minimum atomic E-state index is -0.262. The monoisotopic (exact) mass is 342 g/mol. The number of carbonyl (C=O) groups excluding carboxylic acids is 1. The molecule has 0 aliphatic heterocycles. The maximum Gasteiger partial charge on any atom is 0.262 e. The molecule has 2 rings (SSSR count). The van der Waals surface area contributed by atoms with Gasteiger partial charge in [-0.05, 0) is 35.6 Å². The van der Waals surface area contributed by atoms with E-state index in [1.807, 2.05) is 31.2 Å². The number of aromatic nitrogens is 1. The molecule has 0 atom stereocenters. The molecule has 1 N–H and O–H groups in total. The van der Waals surface area contributed by atoms with Gasteiger partial charge >= 0.3 is 0 Å². The van der Waals surface area contributed by atoms with Gasteiger partial charge in [-0.3, -0.25) is 9.59 Å². The lowest BCUT2D eigenvalue weighted by Gasteiger charge is -2.19. The van der Waals surface area contributed by atoms with E-state index in [0.29, 0.717) is 18.0 Å². The van der Waals surface area contributed by atoms with E-state index in [2.05, 4.69) is 26.1 Å². The Morgan fingerprint density at radius 3 is 2.40 bits per heavy atom. The number of ether oxygens (including phenoxy) is 1. The van der Waals surface area contributed by atoms with Crippen LogP contribution in [-0.4, -0.2) is 17.1 Å². The fourth-order valence-electron chi connectivity index (χ4n) is 2.42. The lowest BCUT2D eigenvalue weighted by molar-refractivity contribution is -0.118. The van der Waals surface area contributed by atoms with Crippen LogP contribution >= 0.6 is 0 Å². The molecule has 0 saturated heterocycles. The summed E-state index contributed by atoms with van der Waals surface area (Å²) >= 11 is 0. The Bertz CT molecular complexity index is 771. The van der Waals surface area contributed by atoms with Crippen molar-refractivity contribution in [3.63, 3.8) is 0 Å². The summed E-state index contributed by atoms with van der Waals surface area (Å²) in [6.07, 6.45) is 2.51. The number of aryl methyl sites for hydroxylation is 1. The van der Waals surface area contributed by atoms with Gasteiger partial charge < -0.3 is 14.6 Å². The van der Waals surface area contributed by atoms with Crippen LogP contribution < -0.4 is 15.6 Å². The molecule has 2 aromatic rings. The van der Waals surface area contributed by atoms with Crippen LogP contribution in [0.15, 0.2) is 47.4 Å². The summed E-state index contributed by atoms with van der Waals surface area (Å²) < 4.78 is 7.11. The summed E-state index contributed by atoms with van der Waals surface area (Å²) in [6, 6.07) is 10.8. The van der Waals surface area contributed by atoms with E-state index in [1.165, 1.54) is 11.6 Å². The van der Waals surface area contributed by atoms with E-state index in [4.69, 9.17) is 4.74 Å². The van der Waals surface area contributed by atoms with Crippen LogP contribution in [0.5, 0.6) is 5.75 Å². The third kappa shape index (κ3) is 5.48. The molecule has 1 amide bonds. The summed E-state index contributed by atoms with van der Waals surface area (Å²) in [5.74, 6) is 0.390. The van der Waals surface area contributed by atoms with Gasteiger partial charge in [-0.2, -0.15) is 0 Å². The van der Waals surface area contributed by atoms with Crippen molar-refractivity contribution in [3.05, 3.63) is 58.5 Å². The Labute approximate surface area is 148 Å². The van der Waals surface area contributed by atoms with E-state index in [1.54, 1.807) is 16.8 Å².